The zero-order valence-corrected chi connectivity index (χ0v) is 16.2. The number of halogens is 1. The lowest BCUT2D eigenvalue weighted by Gasteiger charge is -2.31. The molecule has 3 saturated heterocycles. The van der Waals surface area contributed by atoms with Crippen LogP contribution in [0.4, 0.5) is 4.39 Å². The van der Waals surface area contributed by atoms with Crippen LogP contribution in [0.15, 0.2) is 11.6 Å². The summed E-state index contributed by atoms with van der Waals surface area (Å²) in [4.78, 5) is 11.7. The maximum atomic E-state index is 14.4. The minimum atomic E-state index is -1.23. The van der Waals surface area contributed by atoms with E-state index >= 15 is 0 Å². The third-order valence-electron chi connectivity index (χ3n) is 4.95. The summed E-state index contributed by atoms with van der Waals surface area (Å²) >= 11 is 0. The van der Waals surface area contributed by atoms with Gasteiger partial charge in [-0.15, -0.1) is 0 Å². The van der Waals surface area contributed by atoms with Crippen molar-refractivity contribution in [2.75, 3.05) is 6.61 Å². The third kappa shape index (κ3) is 3.25. The van der Waals surface area contributed by atoms with Gasteiger partial charge in [-0.2, -0.15) is 4.39 Å². The molecule has 4 heterocycles. The molecule has 5 atom stereocenters. The van der Waals surface area contributed by atoms with Gasteiger partial charge in [-0.25, -0.2) is 4.79 Å². The number of esters is 1. The van der Waals surface area contributed by atoms with Gasteiger partial charge in [-0.1, -0.05) is 0 Å². The van der Waals surface area contributed by atoms with Crippen molar-refractivity contribution >= 4 is 5.97 Å². The predicted octanol–water partition coefficient (Wildman–Crippen LogP) is 1.92. The van der Waals surface area contributed by atoms with Crippen LogP contribution in [0.1, 0.15) is 41.5 Å². The molecule has 0 bridgehead atoms. The number of hydrogen-bond donors (Lipinski definition) is 0. The van der Waals surface area contributed by atoms with E-state index in [1.807, 2.05) is 0 Å². The molecular weight excluding hydrogens is 363 g/mol. The highest BCUT2D eigenvalue weighted by atomic mass is 19.1. The second-order valence-electron chi connectivity index (χ2n) is 8.56. The van der Waals surface area contributed by atoms with Crippen molar-refractivity contribution < 1.29 is 42.3 Å². The first-order chi connectivity index (χ1) is 12.4. The molecule has 0 aromatic heterocycles. The summed E-state index contributed by atoms with van der Waals surface area (Å²) in [7, 11) is 0. The third-order valence-corrected chi connectivity index (χ3v) is 4.95. The molecule has 0 radical (unpaired) electrons. The van der Waals surface area contributed by atoms with Gasteiger partial charge in [0.05, 0.1) is 6.61 Å². The van der Waals surface area contributed by atoms with Gasteiger partial charge in [0.2, 0.25) is 5.83 Å². The molecule has 3 fully saturated rings. The van der Waals surface area contributed by atoms with Crippen molar-refractivity contribution in [2.24, 2.45) is 0 Å². The lowest BCUT2D eigenvalue weighted by molar-refractivity contribution is -0.234. The number of carbonyl (C=O) groups is 1. The van der Waals surface area contributed by atoms with Crippen LogP contribution in [-0.2, 0) is 38.0 Å². The molecule has 0 amide bonds. The fraction of sp³-hybridized carbons (Fsp3) is 0.833. The molecule has 0 unspecified atom stereocenters. The van der Waals surface area contributed by atoms with Crippen molar-refractivity contribution in [3.8, 4) is 0 Å². The van der Waals surface area contributed by atoms with Crippen LogP contribution in [0.2, 0.25) is 0 Å². The SMILES string of the molecule is CC1(C)O[C@H]2O[C@H]([C@H]3COC(C)(C)O3)[C@H](OC3=C(F)C(=O)OC3(C)C)[C@H]2O1. The maximum Gasteiger partial charge on any atom is 0.371 e. The van der Waals surface area contributed by atoms with Crippen LogP contribution in [0.3, 0.4) is 0 Å². The van der Waals surface area contributed by atoms with Crippen LogP contribution in [0, 0.1) is 0 Å². The fourth-order valence-electron chi connectivity index (χ4n) is 3.82. The molecule has 4 aliphatic heterocycles. The largest absolute Gasteiger partial charge is 0.481 e. The summed E-state index contributed by atoms with van der Waals surface area (Å²) in [6.45, 7) is 10.5. The van der Waals surface area contributed by atoms with E-state index in [0.717, 1.165) is 0 Å². The van der Waals surface area contributed by atoms with Gasteiger partial charge < -0.3 is 33.2 Å². The van der Waals surface area contributed by atoms with E-state index < -0.39 is 59.7 Å². The van der Waals surface area contributed by atoms with Crippen molar-refractivity contribution in [1.29, 1.82) is 0 Å². The summed E-state index contributed by atoms with van der Waals surface area (Å²) in [5, 5.41) is 0. The van der Waals surface area contributed by atoms with E-state index in [-0.39, 0.29) is 12.4 Å². The lowest BCUT2D eigenvalue weighted by Crippen LogP contribution is -2.45. The summed E-state index contributed by atoms with van der Waals surface area (Å²) in [5.41, 5.74) is -1.23. The summed E-state index contributed by atoms with van der Waals surface area (Å²) < 4.78 is 54.6. The number of rotatable bonds is 3. The molecule has 9 heteroatoms. The molecule has 0 N–H and O–H groups in total. The highest BCUT2D eigenvalue weighted by molar-refractivity contribution is 5.90. The first-order valence-electron chi connectivity index (χ1n) is 9.02. The topological polar surface area (TPSA) is 81.7 Å². The normalized spacial score (nSPS) is 41.7. The van der Waals surface area contributed by atoms with Crippen LogP contribution in [0.5, 0.6) is 0 Å². The molecule has 4 rings (SSSR count). The molecule has 0 aliphatic carbocycles. The molecule has 0 spiro atoms. The standard InChI is InChI=1S/C18H25FO8/c1-16(2)13(9(19)14(20)26-16)22-11-10(8-7-21-17(3,4)24-8)23-15-12(11)25-18(5,6)27-15/h8,10-12,15H,7H2,1-6H3/t8-,10-,11+,12-,15-/m1/s1. The average Bonchev–Trinajstić information content (AvgIpc) is 3.16. The number of hydrogen-bond acceptors (Lipinski definition) is 8. The molecular formula is C18H25FO8. The summed E-state index contributed by atoms with van der Waals surface area (Å²) in [5.74, 6) is -3.93. The molecule has 0 aromatic carbocycles. The van der Waals surface area contributed by atoms with Gasteiger partial charge in [0.25, 0.3) is 0 Å². The van der Waals surface area contributed by atoms with Gasteiger partial charge >= 0.3 is 5.97 Å². The van der Waals surface area contributed by atoms with Crippen molar-refractivity contribution in [3.63, 3.8) is 0 Å². The number of ether oxygens (including phenoxy) is 7. The number of carbonyl (C=O) groups excluding carboxylic acids is 1. The second kappa shape index (κ2) is 5.87. The predicted molar refractivity (Wildman–Crippen MR) is 86.8 cm³/mol. The Morgan fingerprint density at radius 2 is 1.70 bits per heavy atom. The molecule has 152 valence electrons. The van der Waals surface area contributed by atoms with Crippen molar-refractivity contribution in [1.82, 2.24) is 0 Å². The van der Waals surface area contributed by atoms with Crippen LogP contribution >= 0.6 is 0 Å². The van der Waals surface area contributed by atoms with E-state index in [9.17, 15) is 9.18 Å². The second-order valence-corrected chi connectivity index (χ2v) is 8.56. The first-order valence-corrected chi connectivity index (χ1v) is 9.02. The Kier molecular flexibility index (Phi) is 4.15. The average molecular weight is 388 g/mol. The maximum absolute atomic E-state index is 14.4. The van der Waals surface area contributed by atoms with E-state index in [2.05, 4.69) is 0 Å². The minimum absolute atomic E-state index is 0.182. The Morgan fingerprint density at radius 3 is 2.26 bits per heavy atom. The molecule has 27 heavy (non-hydrogen) atoms. The Bertz CT molecular complexity index is 685. The van der Waals surface area contributed by atoms with Gasteiger partial charge in [0.15, 0.2) is 41.4 Å². The van der Waals surface area contributed by atoms with Gasteiger partial charge in [0, 0.05) is 0 Å². The molecule has 0 aromatic rings. The van der Waals surface area contributed by atoms with Gasteiger partial charge in [-0.3, -0.25) is 0 Å². The monoisotopic (exact) mass is 388 g/mol. The van der Waals surface area contributed by atoms with E-state index in [1.165, 1.54) is 0 Å². The Hall–Kier alpha value is -1.26. The molecule has 8 nitrogen and oxygen atoms in total. The quantitative estimate of drug-likeness (QED) is 0.679. The van der Waals surface area contributed by atoms with Crippen molar-refractivity contribution in [3.05, 3.63) is 11.6 Å². The summed E-state index contributed by atoms with van der Waals surface area (Å²) in [6.07, 6.45) is -3.19. The van der Waals surface area contributed by atoms with Gasteiger partial charge in [-0.05, 0) is 41.5 Å². The van der Waals surface area contributed by atoms with E-state index in [1.54, 1.807) is 41.5 Å². The molecule has 4 aliphatic rings. The number of fused-ring (bicyclic) bond motifs is 1. The van der Waals surface area contributed by atoms with Gasteiger partial charge in [0.1, 0.15) is 12.2 Å². The van der Waals surface area contributed by atoms with Crippen LogP contribution in [-0.4, -0.2) is 60.5 Å². The van der Waals surface area contributed by atoms with E-state index in [4.69, 9.17) is 33.2 Å². The Balaban J connectivity index is 1.62. The van der Waals surface area contributed by atoms with Crippen LogP contribution in [0.25, 0.3) is 0 Å². The highest BCUT2D eigenvalue weighted by Gasteiger charge is 2.61. The zero-order chi connectivity index (χ0) is 19.8. The zero-order valence-electron chi connectivity index (χ0n) is 16.2. The highest BCUT2D eigenvalue weighted by Crippen LogP contribution is 2.44. The lowest BCUT2D eigenvalue weighted by atomic mass is 10.0. The number of cyclic esters (lactones) is 1. The first kappa shape index (κ1) is 19.1. The Morgan fingerprint density at radius 1 is 1.00 bits per heavy atom. The smallest absolute Gasteiger partial charge is 0.371 e. The minimum Gasteiger partial charge on any atom is -0.481 e. The van der Waals surface area contributed by atoms with E-state index in [0.29, 0.717) is 0 Å². The van der Waals surface area contributed by atoms with Crippen molar-refractivity contribution in [2.45, 2.75) is 89.4 Å². The summed E-state index contributed by atoms with van der Waals surface area (Å²) in [6, 6.07) is 0. The Labute approximate surface area is 156 Å². The molecule has 0 saturated carbocycles. The fourth-order valence-corrected chi connectivity index (χ4v) is 3.82. The van der Waals surface area contributed by atoms with Crippen LogP contribution < -0.4 is 0 Å².